The monoisotopic (exact) mass is 319 g/mol. The van der Waals surface area contributed by atoms with E-state index in [-0.39, 0.29) is 31.0 Å². The Hall–Kier alpha value is -2.41. The number of nitrogens with one attached hydrogen (secondary N) is 1. The summed E-state index contributed by atoms with van der Waals surface area (Å²) >= 11 is 0. The van der Waals surface area contributed by atoms with Gasteiger partial charge in [0.2, 0.25) is 0 Å². The summed E-state index contributed by atoms with van der Waals surface area (Å²) in [6.07, 6.45) is 1.69. The zero-order valence-electron chi connectivity index (χ0n) is 12.5. The van der Waals surface area contributed by atoms with Gasteiger partial charge in [0, 0.05) is 12.6 Å². The van der Waals surface area contributed by atoms with Crippen molar-refractivity contribution in [3.8, 4) is 5.75 Å². The summed E-state index contributed by atoms with van der Waals surface area (Å²) in [6.45, 7) is 0.755. The molecule has 2 aromatic rings. The largest absolute Gasteiger partial charge is 0.487 e. The third kappa shape index (κ3) is 3.50. The van der Waals surface area contributed by atoms with Gasteiger partial charge in [0.25, 0.3) is 5.91 Å². The van der Waals surface area contributed by atoms with E-state index in [1.54, 1.807) is 23.1 Å². The molecule has 0 saturated carbocycles. The number of rotatable bonds is 5. The van der Waals surface area contributed by atoms with Crippen LogP contribution in [0.4, 0.5) is 4.39 Å². The Bertz CT molecular complexity index is 689. The first-order chi connectivity index (χ1) is 11.2. The molecule has 122 valence electrons. The molecule has 0 spiro atoms. The van der Waals surface area contributed by atoms with Gasteiger partial charge in [-0.2, -0.15) is 5.10 Å². The first kappa shape index (κ1) is 15.5. The van der Waals surface area contributed by atoms with E-state index < -0.39 is 0 Å². The summed E-state index contributed by atoms with van der Waals surface area (Å²) in [5.74, 6) is -0.158. The van der Waals surface area contributed by atoms with E-state index >= 15 is 0 Å². The maximum atomic E-state index is 13.1. The summed E-state index contributed by atoms with van der Waals surface area (Å²) < 4.78 is 18.5. The fourth-order valence-electron chi connectivity index (χ4n) is 2.70. The van der Waals surface area contributed by atoms with Crippen LogP contribution in [0.25, 0.3) is 0 Å². The van der Waals surface area contributed by atoms with Gasteiger partial charge in [0.05, 0.1) is 18.3 Å². The van der Waals surface area contributed by atoms with Crippen molar-refractivity contribution in [2.45, 2.75) is 25.5 Å². The lowest BCUT2D eigenvalue weighted by Gasteiger charge is -2.21. The number of carbonyl (C=O) groups excluding carboxylic acids is 1. The van der Waals surface area contributed by atoms with Crippen molar-refractivity contribution in [1.82, 2.24) is 15.1 Å². The standard InChI is InChI=1S/C16H18FN3O3/c17-11-3-1-5-14(7-11)23-10-12-8-15(19-18-12)16(22)20-6-2-4-13(20)9-21/h1,3,5,7-8,13,21H,2,4,6,9-10H2,(H,18,19). The van der Waals surface area contributed by atoms with E-state index in [0.717, 1.165) is 12.8 Å². The fourth-order valence-corrected chi connectivity index (χ4v) is 2.70. The van der Waals surface area contributed by atoms with E-state index in [2.05, 4.69) is 10.2 Å². The smallest absolute Gasteiger partial charge is 0.274 e. The molecule has 1 atom stereocenters. The topological polar surface area (TPSA) is 78.5 Å². The number of benzene rings is 1. The number of likely N-dealkylation sites (tertiary alicyclic amines) is 1. The van der Waals surface area contributed by atoms with Crippen molar-refractivity contribution in [3.63, 3.8) is 0 Å². The molecule has 1 unspecified atom stereocenters. The molecular formula is C16H18FN3O3. The normalized spacial score (nSPS) is 17.5. The maximum Gasteiger partial charge on any atom is 0.274 e. The highest BCUT2D eigenvalue weighted by atomic mass is 19.1. The Morgan fingerprint density at radius 2 is 2.35 bits per heavy atom. The van der Waals surface area contributed by atoms with Crippen molar-refractivity contribution in [3.05, 3.63) is 47.5 Å². The van der Waals surface area contributed by atoms with E-state index in [4.69, 9.17) is 4.74 Å². The van der Waals surface area contributed by atoms with Crippen LogP contribution < -0.4 is 4.74 Å². The average molecular weight is 319 g/mol. The number of ether oxygens (including phenoxy) is 1. The zero-order chi connectivity index (χ0) is 16.2. The molecule has 23 heavy (non-hydrogen) atoms. The quantitative estimate of drug-likeness (QED) is 0.880. The zero-order valence-corrected chi connectivity index (χ0v) is 12.5. The summed E-state index contributed by atoms with van der Waals surface area (Å²) in [5, 5.41) is 16.1. The van der Waals surface area contributed by atoms with Crippen molar-refractivity contribution in [2.24, 2.45) is 0 Å². The Labute approximate surface area is 132 Å². The number of carbonyl (C=O) groups is 1. The number of H-pyrrole nitrogens is 1. The number of aromatic nitrogens is 2. The van der Waals surface area contributed by atoms with Crippen LogP contribution in [0.1, 0.15) is 29.0 Å². The Morgan fingerprint density at radius 3 is 3.13 bits per heavy atom. The van der Waals surface area contributed by atoms with E-state index in [1.165, 1.54) is 12.1 Å². The second-order valence-corrected chi connectivity index (χ2v) is 5.50. The van der Waals surface area contributed by atoms with Gasteiger partial charge < -0.3 is 14.7 Å². The highest BCUT2D eigenvalue weighted by molar-refractivity contribution is 5.92. The Kier molecular flexibility index (Phi) is 4.57. The van der Waals surface area contributed by atoms with Crippen molar-refractivity contribution >= 4 is 5.91 Å². The summed E-state index contributed by atoms with van der Waals surface area (Å²) in [7, 11) is 0. The number of hydrogen-bond acceptors (Lipinski definition) is 4. The molecule has 6 nitrogen and oxygen atoms in total. The second kappa shape index (κ2) is 6.78. The Morgan fingerprint density at radius 1 is 1.48 bits per heavy atom. The van der Waals surface area contributed by atoms with Gasteiger partial charge in [-0.1, -0.05) is 6.07 Å². The summed E-state index contributed by atoms with van der Waals surface area (Å²) in [4.78, 5) is 14.0. The molecule has 2 N–H and O–H groups in total. The van der Waals surface area contributed by atoms with Crippen LogP contribution >= 0.6 is 0 Å². The van der Waals surface area contributed by atoms with Crippen LogP contribution in [0, 0.1) is 5.82 Å². The molecule has 1 fully saturated rings. The molecule has 1 aromatic heterocycles. The van der Waals surface area contributed by atoms with Gasteiger partial charge in [-0.3, -0.25) is 9.89 Å². The maximum absolute atomic E-state index is 13.1. The summed E-state index contributed by atoms with van der Waals surface area (Å²) in [6, 6.07) is 7.34. The first-order valence-electron chi connectivity index (χ1n) is 7.52. The molecule has 3 rings (SSSR count). The molecule has 0 radical (unpaired) electrons. The number of hydrogen-bond donors (Lipinski definition) is 2. The Balaban J connectivity index is 1.62. The molecule has 2 heterocycles. The number of aliphatic hydroxyl groups excluding tert-OH is 1. The number of nitrogens with zero attached hydrogens (tertiary/aromatic N) is 2. The van der Waals surface area contributed by atoms with E-state index in [1.807, 2.05) is 0 Å². The van der Waals surface area contributed by atoms with Gasteiger partial charge in [0.1, 0.15) is 18.2 Å². The molecule has 1 aliphatic heterocycles. The van der Waals surface area contributed by atoms with Gasteiger partial charge >= 0.3 is 0 Å². The third-order valence-electron chi connectivity index (χ3n) is 3.89. The third-order valence-corrected chi connectivity index (χ3v) is 3.89. The van der Waals surface area contributed by atoms with Gasteiger partial charge in [-0.15, -0.1) is 0 Å². The van der Waals surface area contributed by atoms with Crippen LogP contribution in [0.2, 0.25) is 0 Å². The van der Waals surface area contributed by atoms with Crippen LogP contribution in [0.5, 0.6) is 5.75 Å². The highest BCUT2D eigenvalue weighted by Crippen LogP contribution is 2.19. The van der Waals surface area contributed by atoms with Crippen molar-refractivity contribution in [1.29, 1.82) is 0 Å². The molecule has 1 aliphatic rings. The molecule has 1 aromatic carbocycles. The number of aromatic amines is 1. The second-order valence-electron chi connectivity index (χ2n) is 5.50. The minimum Gasteiger partial charge on any atom is -0.487 e. The number of amides is 1. The van der Waals surface area contributed by atoms with Crippen LogP contribution in [-0.2, 0) is 6.61 Å². The lowest BCUT2D eigenvalue weighted by Crippen LogP contribution is -2.37. The van der Waals surface area contributed by atoms with Gasteiger partial charge in [-0.05, 0) is 31.0 Å². The van der Waals surface area contributed by atoms with Gasteiger partial charge in [-0.25, -0.2) is 4.39 Å². The van der Waals surface area contributed by atoms with Crippen LogP contribution in [0.15, 0.2) is 30.3 Å². The van der Waals surface area contributed by atoms with E-state index in [9.17, 15) is 14.3 Å². The molecular weight excluding hydrogens is 301 g/mol. The highest BCUT2D eigenvalue weighted by Gasteiger charge is 2.30. The van der Waals surface area contributed by atoms with Crippen LogP contribution in [-0.4, -0.2) is 45.3 Å². The molecule has 1 amide bonds. The van der Waals surface area contributed by atoms with Crippen LogP contribution in [0.3, 0.4) is 0 Å². The minimum absolute atomic E-state index is 0.0360. The average Bonchev–Trinajstić information content (AvgIpc) is 3.21. The van der Waals surface area contributed by atoms with Crippen molar-refractivity contribution < 1.29 is 19.0 Å². The minimum atomic E-state index is -0.368. The van der Waals surface area contributed by atoms with Crippen molar-refractivity contribution in [2.75, 3.05) is 13.2 Å². The molecule has 0 bridgehead atoms. The fraction of sp³-hybridized carbons (Fsp3) is 0.375. The summed E-state index contributed by atoms with van der Waals surface area (Å²) in [5.41, 5.74) is 0.917. The lowest BCUT2D eigenvalue weighted by atomic mass is 10.2. The SMILES string of the molecule is O=C(c1cc(COc2cccc(F)c2)[nH]n1)N1CCCC1CO. The lowest BCUT2D eigenvalue weighted by molar-refractivity contribution is 0.0671. The predicted octanol–water partition coefficient (Wildman–Crippen LogP) is 1.72. The molecule has 1 saturated heterocycles. The van der Waals surface area contributed by atoms with E-state index in [0.29, 0.717) is 23.7 Å². The predicted molar refractivity (Wildman–Crippen MR) is 80.5 cm³/mol. The number of aliphatic hydroxyl groups is 1. The molecule has 7 heteroatoms. The van der Waals surface area contributed by atoms with Gasteiger partial charge in [0.15, 0.2) is 5.69 Å². The molecule has 0 aliphatic carbocycles. The first-order valence-corrected chi connectivity index (χ1v) is 7.52. The number of halogens is 1.